The maximum atomic E-state index is 5.10. The molecule has 0 aliphatic rings. The summed E-state index contributed by atoms with van der Waals surface area (Å²) in [5.74, 6) is 0.904. The van der Waals surface area contributed by atoms with Crippen LogP contribution in [0.4, 0.5) is 0 Å². The quantitative estimate of drug-likeness (QED) is 0.716. The average molecular weight is 187 g/mol. The van der Waals surface area contributed by atoms with Gasteiger partial charge in [-0.25, -0.2) is 0 Å². The van der Waals surface area contributed by atoms with E-state index < -0.39 is 0 Å². The molecule has 2 nitrogen and oxygen atoms in total. The van der Waals surface area contributed by atoms with Crippen LogP contribution in [-0.2, 0) is 6.54 Å². The third kappa shape index (κ3) is 2.95. The van der Waals surface area contributed by atoms with Gasteiger partial charge in [0.1, 0.15) is 10.1 Å². The lowest BCUT2D eigenvalue weighted by molar-refractivity contribution is 0.504. The number of nitrogens with one attached hydrogen (secondary N) is 1. The number of hydrogen-bond acceptors (Lipinski definition) is 3. The molecule has 60 valence electrons. The molecule has 0 aromatic carbocycles. The summed E-state index contributed by atoms with van der Waals surface area (Å²) in [6.07, 6.45) is 3.59. The molecule has 0 unspecified atom stereocenters. The van der Waals surface area contributed by atoms with Crippen molar-refractivity contribution in [3.05, 3.63) is 24.2 Å². The Bertz CT molecular complexity index is 220. The molecule has 0 spiro atoms. The first kappa shape index (κ1) is 8.62. The van der Waals surface area contributed by atoms with Crippen molar-refractivity contribution in [2.45, 2.75) is 6.54 Å². The van der Waals surface area contributed by atoms with Gasteiger partial charge in [0.2, 0.25) is 0 Å². The number of hydrogen-bond donors (Lipinski definition) is 1. The molecule has 0 aliphatic carbocycles. The van der Waals surface area contributed by atoms with Crippen LogP contribution < -0.4 is 5.32 Å². The largest absolute Gasteiger partial charge is 0.467 e. The van der Waals surface area contributed by atoms with Crippen LogP contribution in [0.25, 0.3) is 0 Å². The molecule has 1 N–H and O–H groups in total. The summed E-state index contributed by atoms with van der Waals surface area (Å²) in [6, 6.07) is 3.77. The summed E-state index contributed by atoms with van der Waals surface area (Å²) in [4.78, 5) is 0. The Balaban J connectivity index is 2.29. The van der Waals surface area contributed by atoms with Crippen LogP contribution in [-0.4, -0.2) is 10.6 Å². The van der Waals surface area contributed by atoms with Gasteiger partial charge in [-0.15, -0.1) is 11.8 Å². The van der Waals surface area contributed by atoms with E-state index in [9.17, 15) is 0 Å². The van der Waals surface area contributed by atoms with E-state index in [0.29, 0.717) is 6.54 Å². The number of rotatable bonds is 2. The molecule has 1 heterocycles. The molecule has 0 fully saturated rings. The fraction of sp³-hybridized carbons (Fsp3) is 0.286. The second-order valence-electron chi connectivity index (χ2n) is 1.92. The first-order valence-corrected chi connectivity index (χ1v) is 4.80. The van der Waals surface area contributed by atoms with Crippen molar-refractivity contribution in [3.63, 3.8) is 0 Å². The fourth-order valence-electron chi connectivity index (χ4n) is 0.645. The van der Waals surface area contributed by atoms with Gasteiger partial charge >= 0.3 is 0 Å². The normalized spacial score (nSPS) is 9.55. The molecule has 0 aliphatic heterocycles. The van der Waals surface area contributed by atoms with E-state index in [1.807, 2.05) is 18.4 Å². The van der Waals surface area contributed by atoms with Crippen molar-refractivity contribution >= 4 is 28.3 Å². The van der Waals surface area contributed by atoms with Gasteiger partial charge in [0.05, 0.1) is 12.8 Å². The highest BCUT2D eigenvalue weighted by molar-refractivity contribution is 8.22. The van der Waals surface area contributed by atoms with Gasteiger partial charge < -0.3 is 9.73 Å². The smallest absolute Gasteiger partial charge is 0.133 e. The van der Waals surface area contributed by atoms with E-state index in [2.05, 4.69) is 5.32 Å². The monoisotopic (exact) mass is 187 g/mol. The van der Waals surface area contributed by atoms with Crippen molar-refractivity contribution in [1.29, 1.82) is 0 Å². The second-order valence-corrected chi connectivity index (χ2v) is 3.41. The van der Waals surface area contributed by atoms with Crippen LogP contribution in [0, 0.1) is 0 Å². The molecule has 1 aromatic heterocycles. The minimum atomic E-state index is 0.673. The Labute approximate surface area is 75.4 Å². The van der Waals surface area contributed by atoms with Crippen LogP contribution >= 0.6 is 24.0 Å². The summed E-state index contributed by atoms with van der Waals surface area (Å²) < 4.78 is 5.89. The van der Waals surface area contributed by atoms with Crippen LogP contribution in [0.5, 0.6) is 0 Å². The first-order valence-electron chi connectivity index (χ1n) is 3.17. The molecule has 1 rings (SSSR count). The number of thiocarbonyl (C=S) groups is 1. The molecule has 0 saturated carbocycles. The topological polar surface area (TPSA) is 25.2 Å². The van der Waals surface area contributed by atoms with Crippen LogP contribution in [0.1, 0.15) is 5.76 Å². The average Bonchev–Trinajstić information content (AvgIpc) is 2.52. The van der Waals surface area contributed by atoms with Gasteiger partial charge in [0.15, 0.2) is 0 Å². The molecule has 4 heteroatoms. The zero-order valence-corrected chi connectivity index (χ0v) is 7.80. The summed E-state index contributed by atoms with van der Waals surface area (Å²) in [5, 5.41) is 3.04. The minimum absolute atomic E-state index is 0.673. The lowest BCUT2D eigenvalue weighted by Gasteiger charge is -2.00. The summed E-state index contributed by atoms with van der Waals surface area (Å²) in [5.41, 5.74) is 0. The lowest BCUT2D eigenvalue weighted by atomic mass is 10.4. The molecule has 11 heavy (non-hydrogen) atoms. The zero-order valence-electron chi connectivity index (χ0n) is 6.16. The molecule has 0 radical (unpaired) electrons. The Hall–Kier alpha value is -0.480. The third-order valence-electron chi connectivity index (χ3n) is 1.17. The summed E-state index contributed by atoms with van der Waals surface area (Å²) in [6.45, 7) is 0.673. The van der Waals surface area contributed by atoms with Gasteiger partial charge in [-0.2, -0.15) is 0 Å². The third-order valence-corrected chi connectivity index (χ3v) is 2.33. The predicted molar refractivity (Wildman–Crippen MR) is 51.7 cm³/mol. The van der Waals surface area contributed by atoms with E-state index in [1.54, 1.807) is 6.26 Å². The molecule has 0 amide bonds. The number of furan rings is 1. The summed E-state index contributed by atoms with van der Waals surface area (Å²) >= 11 is 6.46. The Morgan fingerprint density at radius 1 is 1.82 bits per heavy atom. The van der Waals surface area contributed by atoms with E-state index in [0.717, 1.165) is 10.1 Å². The van der Waals surface area contributed by atoms with E-state index in [1.165, 1.54) is 11.8 Å². The Kier molecular flexibility index (Phi) is 3.45. The van der Waals surface area contributed by atoms with Crippen molar-refractivity contribution in [3.8, 4) is 0 Å². The maximum Gasteiger partial charge on any atom is 0.133 e. The van der Waals surface area contributed by atoms with Crippen molar-refractivity contribution in [2.24, 2.45) is 0 Å². The van der Waals surface area contributed by atoms with Crippen LogP contribution in [0.2, 0.25) is 0 Å². The molecular formula is C7H9NOS2. The second kappa shape index (κ2) is 4.41. The predicted octanol–water partition coefficient (Wildman–Crippen LogP) is 2.02. The zero-order chi connectivity index (χ0) is 8.10. The Morgan fingerprint density at radius 3 is 3.18 bits per heavy atom. The van der Waals surface area contributed by atoms with E-state index in [4.69, 9.17) is 16.6 Å². The summed E-state index contributed by atoms with van der Waals surface area (Å²) in [7, 11) is 0. The van der Waals surface area contributed by atoms with Gasteiger partial charge in [-0.3, -0.25) is 0 Å². The van der Waals surface area contributed by atoms with Gasteiger partial charge in [0, 0.05) is 0 Å². The maximum absolute atomic E-state index is 5.10. The van der Waals surface area contributed by atoms with Gasteiger partial charge in [-0.1, -0.05) is 12.2 Å². The highest BCUT2D eigenvalue weighted by Gasteiger charge is 1.95. The lowest BCUT2D eigenvalue weighted by Crippen LogP contribution is -2.16. The van der Waals surface area contributed by atoms with E-state index >= 15 is 0 Å². The molecule has 0 saturated heterocycles. The highest BCUT2D eigenvalue weighted by Crippen LogP contribution is 2.00. The molecule has 0 bridgehead atoms. The van der Waals surface area contributed by atoms with Gasteiger partial charge in [0.25, 0.3) is 0 Å². The first-order chi connectivity index (χ1) is 5.33. The Morgan fingerprint density at radius 2 is 2.64 bits per heavy atom. The highest BCUT2D eigenvalue weighted by atomic mass is 32.2. The van der Waals surface area contributed by atoms with Crippen molar-refractivity contribution in [1.82, 2.24) is 5.32 Å². The van der Waals surface area contributed by atoms with E-state index in [-0.39, 0.29) is 0 Å². The van der Waals surface area contributed by atoms with Crippen molar-refractivity contribution in [2.75, 3.05) is 6.26 Å². The fourth-order valence-corrected chi connectivity index (χ4v) is 0.933. The van der Waals surface area contributed by atoms with Crippen LogP contribution in [0.3, 0.4) is 0 Å². The molecule has 1 aromatic rings. The standard InChI is InChI=1S/C7H9NOS2/c1-11-7(10)8-5-6-3-2-4-9-6/h2-4H,5H2,1H3,(H,8,10). The van der Waals surface area contributed by atoms with Gasteiger partial charge in [-0.05, 0) is 18.4 Å². The van der Waals surface area contributed by atoms with Crippen molar-refractivity contribution < 1.29 is 4.42 Å². The SMILES string of the molecule is CSC(=S)NCc1ccco1. The van der Waals surface area contributed by atoms with Crippen LogP contribution in [0.15, 0.2) is 22.8 Å². The molecular weight excluding hydrogens is 178 g/mol. The minimum Gasteiger partial charge on any atom is -0.467 e. The molecule has 0 atom stereocenters. The number of thioether (sulfide) groups is 1.